The first-order chi connectivity index (χ1) is 21.5. The number of benzene rings is 6. The molecule has 0 unspecified atom stereocenters. The van der Waals surface area contributed by atoms with Crippen molar-refractivity contribution in [1.82, 2.24) is 14.5 Å². The van der Waals surface area contributed by atoms with Gasteiger partial charge >= 0.3 is 0 Å². The molecular weight excluding hydrogens is 536 g/mol. The minimum atomic E-state index is -0.291. The first-order valence-corrected chi connectivity index (χ1v) is 14.9. The molecule has 0 saturated heterocycles. The van der Waals surface area contributed by atoms with Gasteiger partial charge in [0.15, 0.2) is 0 Å². The zero-order valence-corrected chi connectivity index (χ0v) is 24.3. The Morgan fingerprint density at radius 1 is 0.636 bits per heavy atom. The van der Waals surface area contributed by atoms with E-state index in [1.807, 2.05) is 24.3 Å². The van der Waals surface area contributed by atoms with E-state index in [4.69, 9.17) is 9.97 Å². The van der Waals surface area contributed by atoms with Crippen molar-refractivity contribution in [1.29, 1.82) is 5.26 Å². The molecule has 0 fully saturated rings. The summed E-state index contributed by atoms with van der Waals surface area (Å²) in [7, 11) is 0. The first-order valence-electron chi connectivity index (χ1n) is 14.9. The number of nitriles is 1. The largest absolute Gasteiger partial charge is 0.278 e. The van der Waals surface area contributed by atoms with Gasteiger partial charge in [-0.1, -0.05) is 105 Å². The van der Waals surface area contributed by atoms with Gasteiger partial charge in [-0.15, -0.1) is 0 Å². The lowest BCUT2D eigenvalue weighted by atomic mass is 9.81. The van der Waals surface area contributed by atoms with Crippen molar-refractivity contribution in [2.45, 2.75) is 19.3 Å². The van der Waals surface area contributed by atoms with E-state index in [1.54, 1.807) is 0 Å². The highest BCUT2D eigenvalue weighted by atomic mass is 15.2. The van der Waals surface area contributed by atoms with E-state index < -0.39 is 0 Å². The fraction of sp³-hybridized carbons (Fsp3) is 0.0750. The molecule has 4 nitrogen and oxygen atoms in total. The first kappa shape index (κ1) is 24.8. The van der Waals surface area contributed by atoms with Gasteiger partial charge in [-0.25, -0.2) is 9.97 Å². The van der Waals surface area contributed by atoms with E-state index >= 15 is 0 Å². The molecule has 8 aromatic rings. The van der Waals surface area contributed by atoms with Crippen molar-refractivity contribution in [3.63, 3.8) is 0 Å². The number of hydrogen-bond donors (Lipinski definition) is 0. The summed E-state index contributed by atoms with van der Waals surface area (Å²) >= 11 is 0. The third-order valence-corrected chi connectivity index (χ3v) is 9.39. The highest BCUT2D eigenvalue weighted by Gasteiger charge is 2.40. The molecule has 1 aliphatic carbocycles. The zero-order valence-electron chi connectivity index (χ0n) is 24.3. The maximum Gasteiger partial charge on any atom is 0.235 e. The van der Waals surface area contributed by atoms with E-state index in [-0.39, 0.29) is 5.41 Å². The molecule has 0 radical (unpaired) electrons. The van der Waals surface area contributed by atoms with Crippen LogP contribution in [0.5, 0.6) is 0 Å². The monoisotopic (exact) mass is 562 g/mol. The molecule has 4 heteroatoms. The van der Waals surface area contributed by atoms with Crippen LogP contribution in [-0.2, 0) is 5.41 Å². The molecule has 0 atom stereocenters. The fourth-order valence-corrected chi connectivity index (χ4v) is 7.30. The van der Waals surface area contributed by atoms with Crippen LogP contribution in [0.25, 0.3) is 71.8 Å². The molecule has 0 spiro atoms. The van der Waals surface area contributed by atoms with Crippen LogP contribution in [0.3, 0.4) is 0 Å². The average molecular weight is 563 g/mol. The second-order valence-corrected chi connectivity index (χ2v) is 12.2. The molecular formula is C40H26N4. The maximum absolute atomic E-state index is 9.50. The van der Waals surface area contributed by atoms with Crippen LogP contribution in [0.2, 0.25) is 0 Å². The molecule has 0 aliphatic heterocycles. The third kappa shape index (κ3) is 3.32. The van der Waals surface area contributed by atoms with Crippen LogP contribution < -0.4 is 0 Å². The van der Waals surface area contributed by atoms with Gasteiger partial charge in [0.1, 0.15) is 0 Å². The molecule has 0 saturated carbocycles. The summed E-state index contributed by atoms with van der Waals surface area (Å²) in [5.41, 5.74) is 8.82. The van der Waals surface area contributed by atoms with Gasteiger partial charge < -0.3 is 0 Å². The molecule has 1 aliphatic rings. The summed E-state index contributed by atoms with van der Waals surface area (Å²) in [4.78, 5) is 10.8. The minimum Gasteiger partial charge on any atom is -0.278 e. The lowest BCUT2D eigenvalue weighted by Crippen LogP contribution is -2.18. The lowest BCUT2D eigenvalue weighted by Gasteiger charge is -2.24. The van der Waals surface area contributed by atoms with Gasteiger partial charge in [0.05, 0.1) is 34.1 Å². The highest BCUT2D eigenvalue weighted by molar-refractivity contribution is 6.23. The Labute approximate surface area is 254 Å². The number of aromatic nitrogens is 3. The topological polar surface area (TPSA) is 54.5 Å². The van der Waals surface area contributed by atoms with Crippen LogP contribution in [0.1, 0.15) is 30.5 Å². The summed E-state index contributed by atoms with van der Waals surface area (Å²) in [5, 5.41) is 16.7. The average Bonchev–Trinajstić information content (AvgIpc) is 3.51. The van der Waals surface area contributed by atoms with Gasteiger partial charge in [-0.3, -0.25) is 4.57 Å². The number of hydrogen-bond acceptors (Lipinski definition) is 3. The normalized spacial score (nSPS) is 13.4. The van der Waals surface area contributed by atoms with Crippen molar-refractivity contribution in [3.05, 3.63) is 138 Å². The molecule has 0 N–H and O–H groups in total. The SMILES string of the molecule is CC1(C)c2ccccc2-c2nc(-n3c4cc5ccccc5cc4c4c5ccccc5ccc43)nc(-c3ccc(C#N)cc3)c21. The Kier molecular flexibility index (Phi) is 4.99. The van der Waals surface area contributed by atoms with Crippen LogP contribution in [0.15, 0.2) is 121 Å². The smallest absolute Gasteiger partial charge is 0.235 e. The van der Waals surface area contributed by atoms with E-state index in [0.717, 1.165) is 39.1 Å². The predicted octanol–water partition coefficient (Wildman–Crippen LogP) is 9.73. The van der Waals surface area contributed by atoms with Crippen molar-refractivity contribution in [3.8, 4) is 34.5 Å². The number of nitrogens with zero attached hydrogens (tertiary/aromatic N) is 4. The summed E-state index contributed by atoms with van der Waals surface area (Å²) < 4.78 is 2.24. The summed E-state index contributed by atoms with van der Waals surface area (Å²) in [5.74, 6) is 0.640. The van der Waals surface area contributed by atoms with Crippen molar-refractivity contribution in [2.24, 2.45) is 0 Å². The predicted molar refractivity (Wildman–Crippen MR) is 179 cm³/mol. The number of fused-ring (bicyclic) bond motifs is 9. The molecule has 0 bridgehead atoms. The van der Waals surface area contributed by atoms with E-state index in [1.165, 1.54) is 37.9 Å². The quantitative estimate of drug-likeness (QED) is 0.211. The third-order valence-electron chi connectivity index (χ3n) is 9.39. The Bertz CT molecular complexity index is 2530. The van der Waals surface area contributed by atoms with Gasteiger partial charge in [-0.05, 0) is 57.4 Å². The van der Waals surface area contributed by atoms with Crippen LogP contribution in [0.4, 0.5) is 0 Å². The molecule has 0 amide bonds. The standard InChI is InChI=1S/C40H26N4/c1-40(2)32-14-8-7-13-30(32)38-36(40)37(26-17-15-24(23-41)16-18-26)42-39(43-38)44-33-20-19-25-9-5-6-12-29(25)35(33)31-21-27-10-3-4-11-28(27)22-34(31)44/h3-22H,1-2H3. The molecule has 206 valence electrons. The van der Waals surface area contributed by atoms with Crippen LogP contribution in [0, 0.1) is 11.3 Å². The minimum absolute atomic E-state index is 0.291. The van der Waals surface area contributed by atoms with Crippen LogP contribution in [-0.4, -0.2) is 14.5 Å². The van der Waals surface area contributed by atoms with Crippen molar-refractivity contribution >= 4 is 43.4 Å². The van der Waals surface area contributed by atoms with E-state index in [9.17, 15) is 5.26 Å². The Morgan fingerprint density at radius 3 is 2.11 bits per heavy atom. The lowest BCUT2D eigenvalue weighted by molar-refractivity contribution is 0.657. The Balaban J connectivity index is 1.45. The van der Waals surface area contributed by atoms with E-state index in [0.29, 0.717) is 11.5 Å². The van der Waals surface area contributed by atoms with Gasteiger partial charge in [-0.2, -0.15) is 5.26 Å². The van der Waals surface area contributed by atoms with Crippen molar-refractivity contribution in [2.75, 3.05) is 0 Å². The van der Waals surface area contributed by atoms with Crippen LogP contribution >= 0.6 is 0 Å². The Morgan fingerprint density at radius 2 is 1.32 bits per heavy atom. The van der Waals surface area contributed by atoms with Crippen molar-refractivity contribution < 1.29 is 0 Å². The summed E-state index contributed by atoms with van der Waals surface area (Å²) in [6.45, 7) is 4.51. The summed E-state index contributed by atoms with van der Waals surface area (Å²) in [6, 6.07) is 44.7. The molecule has 9 rings (SSSR count). The molecule has 2 heterocycles. The van der Waals surface area contributed by atoms with Gasteiger partial charge in [0, 0.05) is 32.9 Å². The maximum atomic E-state index is 9.50. The summed E-state index contributed by atoms with van der Waals surface area (Å²) in [6.07, 6.45) is 0. The van der Waals surface area contributed by atoms with Gasteiger partial charge in [0.2, 0.25) is 5.95 Å². The highest BCUT2D eigenvalue weighted by Crippen LogP contribution is 2.51. The number of rotatable bonds is 2. The molecule has 44 heavy (non-hydrogen) atoms. The fourth-order valence-electron chi connectivity index (χ4n) is 7.30. The molecule has 2 aromatic heterocycles. The zero-order chi connectivity index (χ0) is 29.6. The second kappa shape index (κ2) is 8.86. The van der Waals surface area contributed by atoms with E-state index in [2.05, 4.69) is 122 Å². The molecule has 6 aromatic carbocycles. The second-order valence-electron chi connectivity index (χ2n) is 12.2. The Hall–Kier alpha value is -5.79. The van der Waals surface area contributed by atoms with Gasteiger partial charge in [0.25, 0.3) is 0 Å².